The minimum Gasteiger partial charge on any atom is -0.455 e. The standard InChI is InChI=1S/C21H19NO4/c1-13-8-9-14(2)19(10-13)20(23)17-6-4-5-7-18(17)21(24)25-12-16-11-15(3)26-22-16/h4-11H,12H2,1-3H3. The van der Waals surface area contributed by atoms with E-state index in [0.717, 1.165) is 11.1 Å². The van der Waals surface area contributed by atoms with Gasteiger partial charge >= 0.3 is 5.97 Å². The molecule has 2 aromatic carbocycles. The van der Waals surface area contributed by atoms with E-state index in [4.69, 9.17) is 9.26 Å². The number of benzene rings is 2. The highest BCUT2D eigenvalue weighted by Crippen LogP contribution is 2.20. The Balaban J connectivity index is 1.86. The van der Waals surface area contributed by atoms with Crippen LogP contribution in [0.3, 0.4) is 0 Å². The van der Waals surface area contributed by atoms with Crippen molar-refractivity contribution in [3.8, 4) is 0 Å². The van der Waals surface area contributed by atoms with Crippen molar-refractivity contribution in [1.29, 1.82) is 0 Å². The van der Waals surface area contributed by atoms with Crippen molar-refractivity contribution in [2.24, 2.45) is 0 Å². The van der Waals surface area contributed by atoms with Gasteiger partial charge in [-0.15, -0.1) is 0 Å². The van der Waals surface area contributed by atoms with Crippen molar-refractivity contribution in [2.45, 2.75) is 27.4 Å². The topological polar surface area (TPSA) is 69.4 Å². The summed E-state index contributed by atoms with van der Waals surface area (Å²) in [4.78, 5) is 25.5. The molecule has 0 aliphatic heterocycles. The van der Waals surface area contributed by atoms with Gasteiger partial charge in [-0.1, -0.05) is 41.1 Å². The molecule has 0 saturated carbocycles. The second kappa shape index (κ2) is 7.35. The van der Waals surface area contributed by atoms with E-state index in [1.807, 2.05) is 32.0 Å². The van der Waals surface area contributed by atoms with Crippen LogP contribution in [0.15, 0.2) is 53.1 Å². The lowest BCUT2D eigenvalue weighted by molar-refractivity contribution is 0.0461. The lowest BCUT2D eigenvalue weighted by Gasteiger charge is -2.10. The first-order valence-corrected chi connectivity index (χ1v) is 8.26. The van der Waals surface area contributed by atoms with Crippen LogP contribution < -0.4 is 0 Å². The number of aromatic nitrogens is 1. The maximum absolute atomic E-state index is 13.0. The van der Waals surface area contributed by atoms with E-state index < -0.39 is 5.97 Å². The van der Waals surface area contributed by atoms with Crippen LogP contribution in [0.25, 0.3) is 0 Å². The first kappa shape index (κ1) is 17.6. The summed E-state index contributed by atoms with van der Waals surface area (Å²) in [5.74, 6) is -0.127. The van der Waals surface area contributed by atoms with Crippen molar-refractivity contribution in [3.63, 3.8) is 0 Å². The Bertz CT molecular complexity index is 972. The molecule has 3 rings (SSSR count). The maximum Gasteiger partial charge on any atom is 0.339 e. The highest BCUT2D eigenvalue weighted by atomic mass is 16.5. The molecular formula is C21H19NO4. The number of ether oxygens (including phenoxy) is 1. The molecule has 5 heteroatoms. The molecule has 26 heavy (non-hydrogen) atoms. The zero-order valence-corrected chi connectivity index (χ0v) is 14.9. The van der Waals surface area contributed by atoms with Gasteiger partial charge in [0.2, 0.25) is 0 Å². The summed E-state index contributed by atoms with van der Waals surface area (Å²) in [5.41, 5.74) is 3.51. The second-order valence-electron chi connectivity index (χ2n) is 6.20. The van der Waals surface area contributed by atoms with E-state index in [2.05, 4.69) is 5.16 Å². The van der Waals surface area contributed by atoms with Gasteiger partial charge < -0.3 is 9.26 Å². The lowest BCUT2D eigenvalue weighted by Crippen LogP contribution is -2.13. The molecule has 1 aromatic heterocycles. The SMILES string of the molecule is Cc1ccc(C)c(C(=O)c2ccccc2C(=O)OCc2cc(C)on2)c1. The number of carbonyl (C=O) groups is 2. The summed E-state index contributed by atoms with van der Waals surface area (Å²) >= 11 is 0. The summed E-state index contributed by atoms with van der Waals surface area (Å²) in [6.07, 6.45) is 0. The van der Waals surface area contributed by atoms with Crippen LogP contribution in [0.5, 0.6) is 0 Å². The quantitative estimate of drug-likeness (QED) is 0.510. The summed E-state index contributed by atoms with van der Waals surface area (Å²) in [7, 11) is 0. The Morgan fingerprint density at radius 2 is 1.69 bits per heavy atom. The molecule has 0 atom stereocenters. The van der Waals surface area contributed by atoms with Crippen LogP contribution in [0.4, 0.5) is 0 Å². The predicted molar refractivity (Wildman–Crippen MR) is 96.2 cm³/mol. The van der Waals surface area contributed by atoms with E-state index in [-0.39, 0.29) is 18.0 Å². The minimum atomic E-state index is -0.570. The monoisotopic (exact) mass is 349 g/mol. The Labute approximate surface area is 151 Å². The van der Waals surface area contributed by atoms with Gasteiger partial charge in [0.1, 0.15) is 18.1 Å². The summed E-state index contributed by atoms with van der Waals surface area (Å²) in [6, 6.07) is 14.0. The van der Waals surface area contributed by atoms with Crippen LogP contribution in [0.1, 0.15) is 48.9 Å². The number of carbonyl (C=O) groups excluding carboxylic acids is 2. The number of ketones is 1. The average molecular weight is 349 g/mol. The third-order valence-electron chi connectivity index (χ3n) is 4.06. The van der Waals surface area contributed by atoms with E-state index in [1.54, 1.807) is 37.3 Å². The molecule has 0 N–H and O–H groups in total. The third kappa shape index (κ3) is 3.72. The van der Waals surface area contributed by atoms with Gasteiger partial charge in [-0.3, -0.25) is 4.79 Å². The summed E-state index contributed by atoms with van der Waals surface area (Å²) in [6.45, 7) is 5.55. The molecule has 132 valence electrons. The Morgan fingerprint density at radius 1 is 0.962 bits per heavy atom. The summed E-state index contributed by atoms with van der Waals surface area (Å²) in [5, 5.41) is 3.79. The molecule has 3 aromatic rings. The molecule has 0 aliphatic carbocycles. The lowest BCUT2D eigenvalue weighted by atomic mass is 9.94. The fourth-order valence-electron chi connectivity index (χ4n) is 2.69. The van der Waals surface area contributed by atoms with Crippen LogP contribution in [0, 0.1) is 20.8 Å². The van der Waals surface area contributed by atoms with Crippen molar-refractivity contribution < 1.29 is 18.8 Å². The molecule has 5 nitrogen and oxygen atoms in total. The zero-order valence-electron chi connectivity index (χ0n) is 14.9. The zero-order chi connectivity index (χ0) is 18.7. The molecule has 0 unspecified atom stereocenters. The fourth-order valence-corrected chi connectivity index (χ4v) is 2.69. The number of hydrogen-bond acceptors (Lipinski definition) is 5. The molecule has 0 saturated heterocycles. The Hall–Kier alpha value is -3.21. The maximum atomic E-state index is 13.0. The van der Waals surface area contributed by atoms with Gasteiger partial charge in [-0.25, -0.2) is 4.79 Å². The van der Waals surface area contributed by atoms with Gasteiger partial charge in [0.15, 0.2) is 5.78 Å². The van der Waals surface area contributed by atoms with Gasteiger partial charge in [0.25, 0.3) is 0 Å². The van der Waals surface area contributed by atoms with Crippen LogP contribution >= 0.6 is 0 Å². The van der Waals surface area contributed by atoms with Crippen molar-refractivity contribution in [1.82, 2.24) is 5.16 Å². The molecule has 0 radical (unpaired) electrons. The molecule has 0 fully saturated rings. The molecule has 1 heterocycles. The third-order valence-corrected chi connectivity index (χ3v) is 4.06. The van der Waals surface area contributed by atoms with Gasteiger partial charge in [-0.05, 0) is 38.5 Å². The number of hydrogen-bond donors (Lipinski definition) is 0. The first-order chi connectivity index (χ1) is 12.5. The van der Waals surface area contributed by atoms with Crippen molar-refractivity contribution >= 4 is 11.8 Å². The highest BCUT2D eigenvalue weighted by Gasteiger charge is 2.20. The van der Waals surface area contributed by atoms with Gasteiger partial charge in [0.05, 0.1) is 5.56 Å². The van der Waals surface area contributed by atoms with Gasteiger partial charge in [0, 0.05) is 17.2 Å². The predicted octanol–water partition coefficient (Wildman–Crippen LogP) is 4.19. The Morgan fingerprint density at radius 3 is 2.38 bits per heavy atom. The Kier molecular flexibility index (Phi) is 4.98. The van der Waals surface area contributed by atoms with Crippen molar-refractivity contribution in [2.75, 3.05) is 0 Å². The average Bonchev–Trinajstić information content (AvgIpc) is 3.06. The van der Waals surface area contributed by atoms with E-state index in [9.17, 15) is 9.59 Å². The van der Waals surface area contributed by atoms with Crippen LogP contribution in [-0.2, 0) is 11.3 Å². The van der Waals surface area contributed by atoms with E-state index in [1.165, 1.54) is 0 Å². The molecule has 0 bridgehead atoms. The smallest absolute Gasteiger partial charge is 0.339 e. The fraction of sp³-hybridized carbons (Fsp3) is 0.190. The van der Waals surface area contributed by atoms with E-state index >= 15 is 0 Å². The highest BCUT2D eigenvalue weighted by molar-refractivity contribution is 6.15. The number of aryl methyl sites for hydroxylation is 3. The summed E-state index contributed by atoms with van der Waals surface area (Å²) < 4.78 is 10.2. The normalized spacial score (nSPS) is 10.6. The molecule has 0 spiro atoms. The van der Waals surface area contributed by atoms with Gasteiger partial charge in [-0.2, -0.15) is 0 Å². The molecular weight excluding hydrogens is 330 g/mol. The van der Waals surface area contributed by atoms with Crippen LogP contribution in [0.2, 0.25) is 0 Å². The largest absolute Gasteiger partial charge is 0.455 e. The van der Waals surface area contributed by atoms with Crippen LogP contribution in [-0.4, -0.2) is 16.9 Å². The number of esters is 1. The second-order valence-corrected chi connectivity index (χ2v) is 6.20. The first-order valence-electron chi connectivity index (χ1n) is 8.26. The van der Waals surface area contributed by atoms with E-state index in [0.29, 0.717) is 22.6 Å². The molecule has 0 amide bonds. The number of rotatable bonds is 5. The minimum absolute atomic E-state index is 0.0117. The van der Waals surface area contributed by atoms with Crippen molar-refractivity contribution in [3.05, 3.63) is 87.8 Å². The number of nitrogens with zero attached hydrogens (tertiary/aromatic N) is 1. The molecule has 0 aliphatic rings.